The van der Waals surface area contributed by atoms with E-state index in [0.29, 0.717) is 23.3 Å². The number of halogens is 6. The number of carboxylic acid groups (broad SMARTS) is 1. The maximum Gasteiger partial charge on any atom is 0.416 e. The molecule has 35 heavy (non-hydrogen) atoms. The maximum atomic E-state index is 13.1. The minimum Gasteiger partial charge on any atom is -0.487 e. The maximum absolute atomic E-state index is 13.1. The highest BCUT2D eigenvalue weighted by Gasteiger charge is 2.45. The number of carboxylic acids is 1. The van der Waals surface area contributed by atoms with Crippen LogP contribution in [0.3, 0.4) is 0 Å². The van der Waals surface area contributed by atoms with Crippen molar-refractivity contribution in [2.45, 2.75) is 31.9 Å². The van der Waals surface area contributed by atoms with Gasteiger partial charge in [-0.05, 0) is 29.1 Å². The fourth-order valence-electron chi connectivity index (χ4n) is 3.33. The second-order valence-corrected chi connectivity index (χ2v) is 7.77. The Morgan fingerprint density at radius 3 is 2.14 bits per heavy atom. The van der Waals surface area contributed by atoms with Crippen LogP contribution in [0, 0.1) is 5.92 Å². The Bertz CT molecular complexity index is 1220. The summed E-state index contributed by atoms with van der Waals surface area (Å²) in [4.78, 5) is 24.3. The molecule has 0 aromatic heterocycles. The normalized spacial score (nSPS) is 13.8. The van der Waals surface area contributed by atoms with E-state index in [2.05, 4.69) is 0 Å². The number of hydrogen-bond acceptors (Lipinski definition) is 3. The number of benzene rings is 3. The zero-order valence-corrected chi connectivity index (χ0v) is 18.1. The predicted octanol–water partition coefficient (Wildman–Crippen LogP) is 5.82. The molecule has 0 aliphatic heterocycles. The van der Waals surface area contributed by atoms with Crippen LogP contribution in [0.25, 0.3) is 10.8 Å². The van der Waals surface area contributed by atoms with Gasteiger partial charge in [-0.1, -0.05) is 49.4 Å². The molecule has 11 heteroatoms. The van der Waals surface area contributed by atoms with E-state index in [4.69, 9.17) is 4.74 Å². The number of aliphatic carboxylic acids is 1. The first kappa shape index (κ1) is 25.9. The Morgan fingerprint density at radius 2 is 1.57 bits per heavy atom. The van der Waals surface area contributed by atoms with Crippen LogP contribution in [0.4, 0.5) is 26.3 Å². The summed E-state index contributed by atoms with van der Waals surface area (Å²) in [6, 6.07) is 11.3. The molecule has 3 rings (SSSR count). The van der Waals surface area contributed by atoms with E-state index >= 15 is 0 Å². The fourth-order valence-corrected chi connectivity index (χ4v) is 3.33. The number of hydrogen-bond donors (Lipinski definition) is 2. The number of rotatable bonds is 7. The summed E-state index contributed by atoms with van der Waals surface area (Å²) >= 11 is 0. The molecule has 3 aromatic carbocycles. The molecule has 1 amide bonds. The van der Waals surface area contributed by atoms with Crippen molar-refractivity contribution in [1.29, 1.82) is 0 Å². The predicted molar refractivity (Wildman–Crippen MR) is 114 cm³/mol. The van der Waals surface area contributed by atoms with Crippen molar-refractivity contribution in [2.24, 2.45) is 5.92 Å². The molecule has 2 N–H and O–H groups in total. The summed E-state index contributed by atoms with van der Waals surface area (Å²) in [6.45, 7) is 0.384. The lowest BCUT2D eigenvalue weighted by Crippen LogP contribution is -2.49. The van der Waals surface area contributed by atoms with Gasteiger partial charge in [0, 0.05) is 5.39 Å². The smallest absolute Gasteiger partial charge is 0.416 e. The van der Waals surface area contributed by atoms with Gasteiger partial charge in [-0.15, -0.1) is 0 Å². The van der Waals surface area contributed by atoms with Gasteiger partial charge in [-0.2, -0.15) is 26.3 Å². The molecule has 0 radical (unpaired) electrons. The molecule has 0 aliphatic rings. The van der Waals surface area contributed by atoms with Crippen LogP contribution in [0.1, 0.15) is 28.4 Å². The molecular weight excluding hydrogens is 480 g/mol. The SMILES string of the molecule is CC(C(NC(=O)c1ccc2ccccc2c1OCc1ccc(C(F)(F)F)cc1)C(=O)O)C(F)(F)F. The summed E-state index contributed by atoms with van der Waals surface area (Å²) in [6.07, 6.45) is -9.39. The van der Waals surface area contributed by atoms with E-state index in [-0.39, 0.29) is 17.9 Å². The molecule has 0 spiro atoms. The first-order chi connectivity index (χ1) is 16.3. The lowest BCUT2D eigenvalue weighted by Gasteiger charge is -2.24. The van der Waals surface area contributed by atoms with Crippen LogP contribution in [0.2, 0.25) is 0 Å². The first-order valence-corrected chi connectivity index (χ1v) is 10.2. The topological polar surface area (TPSA) is 75.6 Å². The van der Waals surface area contributed by atoms with Crippen LogP contribution < -0.4 is 10.1 Å². The van der Waals surface area contributed by atoms with Crippen molar-refractivity contribution < 1.29 is 45.8 Å². The Labute approximate surface area is 195 Å². The molecular formula is C24H19F6NO4. The number of carbonyl (C=O) groups excluding carboxylic acids is 1. The highest BCUT2D eigenvalue weighted by Crippen LogP contribution is 2.33. The molecule has 0 heterocycles. The largest absolute Gasteiger partial charge is 0.487 e. The molecule has 2 unspecified atom stereocenters. The lowest BCUT2D eigenvalue weighted by atomic mass is 10.00. The van der Waals surface area contributed by atoms with Crippen LogP contribution in [0.15, 0.2) is 60.7 Å². The van der Waals surface area contributed by atoms with E-state index in [0.717, 1.165) is 12.1 Å². The van der Waals surface area contributed by atoms with E-state index < -0.39 is 41.8 Å². The Kier molecular flexibility index (Phi) is 7.27. The molecule has 3 aromatic rings. The quantitative estimate of drug-likeness (QED) is 0.402. The van der Waals surface area contributed by atoms with Crippen molar-refractivity contribution in [2.75, 3.05) is 0 Å². The van der Waals surface area contributed by atoms with Crippen LogP contribution >= 0.6 is 0 Å². The molecule has 0 fully saturated rings. The van der Waals surface area contributed by atoms with E-state index in [1.165, 1.54) is 24.3 Å². The van der Waals surface area contributed by atoms with Gasteiger partial charge in [0.2, 0.25) is 0 Å². The third-order valence-corrected chi connectivity index (χ3v) is 5.36. The molecule has 0 bridgehead atoms. The molecule has 186 valence electrons. The summed E-state index contributed by atoms with van der Waals surface area (Å²) in [7, 11) is 0. The minimum atomic E-state index is -4.87. The third kappa shape index (κ3) is 6.03. The zero-order chi connectivity index (χ0) is 26.0. The van der Waals surface area contributed by atoms with Gasteiger partial charge in [-0.3, -0.25) is 4.79 Å². The van der Waals surface area contributed by atoms with Gasteiger partial charge in [-0.25, -0.2) is 4.79 Å². The van der Waals surface area contributed by atoms with Gasteiger partial charge in [0.25, 0.3) is 5.91 Å². The Balaban J connectivity index is 1.93. The van der Waals surface area contributed by atoms with Crippen molar-refractivity contribution >= 4 is 22.6 Å². The van der Waals surface area contributed by atoms with Crippen LogP contribution in [0.5, 0.6) is 5.75 Å². The summed E-state index contributed by atoms with van der Waals surface area (Å²) in [5.74, 6) is -5.40. The standard InChI is InChI=1S/C24H19F6NO4/c1-13(23(25,26)27)19(22(33)34)31-21(32)18-11-8-15-4-2-3-5-17(15)20(18)35-12-14-6-9-16(10-7-14)24(28,29)30/h2-11,13,19H,12H2,1H3,(H,31,32)(H,33,34). The van der Waals surface area contributed by atoms with Crippen LogP contribution in [-0.2, 0) is 17.6 Å². The average molecular weight is 499 g/mol. The monoisotopic (exact) mass is 499 g/mol. The highest BCUT2D eigenvalue weighted by molar-refractivity contribution is 6.04. The van der Waals surface area contributed by atoms with E-state index in [1.54, 1.807) is 24.3 Å². The van der Waals surface area contributed by atoms with Crippen molar-refractivity contribution in [3.8, 4) is 5.75 Å². The molecule has 0 saturated carbocycles. The second kappa shape index (κ2) is 9.85. The Hall–Kier alpha value is -3.76. The minimum absolute atomic E-state index is 0.0516. The summed E-state index contributed by atoms with van der Waals surface area (Å²) < 4.78 is 83.4. The van der Waals surface area contributed by atoms with Gasteiger partial charge >= 0.3 is 18.3 Å². The highest BCUT2D eigenvalue weighted by atomic mass is 19.4. The third-order valence-electron chi connectivity index (χ3n) is 5.36. The molecule has 5 nitrogen and oxygen atoms in total. The summed E-state index contributed by atoms with van der Waals surface area (Å²) in [5, 5.41) is 12.2. The van der Waals surface area contributed by atoms with Crippen molar-refractivity contribution in [3.05, 3.63) is 77.4 Å². The van der Waals surface area contributed by atoms with Gasteiger partial charge in [0.05, 0.1) is 17.0 Å². The zero-order valence-electron chi connectivity index (χ0n) is 18.1. The number of nitrogens with one attached hydrogen (secondary N) is 1. The second-order valence-electron chi connectivity index (χ2n) is 7.77. The van der Waals surface area contributed by atoms with Crippen molar-refractivity contribution in [3.63, 3.8) is 0 Å². The van der Waals surface area contributed by atoms with E-state index in [1.807, 2.05) is 5.32 Å². The van der Waals surface area contributed by atoms with Crippen LogP contribution in [-0.4, -0.2) is 29.2 Å². The molecule has 2 atom stereocenters. The number of fused-ring (bicyclic) bond motifs is 1. The lowest BCUT2D eigenvalue weighted by molar-refractivity contribution is -0.184. The van der Waals surface area contributed by atoms with Gasteiger partial charge in [0.1, 0.15) is 18.4 Å². The van der Waals surface area contributed by atoms with Gasteiger partial charge in [0.15, 0.2) is 0 Å². The number of ether oxygens (including phenoxy) is 1. The fraction of sp³-hybridized carbons (Fsp3) is 0.250. The van der Waals surface area contributed by atoms with Crippen molar-refractivity contribution in [1.82, 2.24) is 5.32 Å². The summed E-state index contributed by atoms with van der Waals surface area (Å²) in [5.41, 5.74) is -0.743. The van der Waals surface area contributed by atoms with Gasteiger partial charge < -0.3 is 15.2 Å². The number of alkyl halides is 6. The number of amides is 1. The molecule has 0 saturated heterocycles. The first-order valence-electron chi connectivity index (χ1n) is 10.2. The Morgan fingerprint density at radius 1 is 0.943 bits per heavy atom. The van der Waals surface area contributed by atoms with E-state index in [9.17, 15) is 41.0 Å². The average Bonchev–Trinajstić information content (AvgIpc) is 2.79. The molecule has 0 aliphatic carbocycles. The number of carbonyl (C=O) groups is 2.